The number of aromatic nitrogens is 2. The third-order valence-electron chi connectivity index (χ3n) is 6.32. The first-order valence-electron chi connectivity index (χ1n) is 8.83. The Hall–Kier alpha value is -0.830. The van der Waals surface area contributed by atoms with Gasteiger partial charge in [0, 0.05) is 19.2 Å². The van der Waals surface area contributed by atoms with Gasteiger partial charge in [0.1, 0.15) is 0 Å². The summed E-state index contributed by atoms with van der Waals surface area (Å²) >= 11 is 0. The van der Waals surface area contributed by atoms with E-state index in [0.717, 1.165) is 37.1 Å². The molecular formula is C18H28N2O. The summed E-state index contributed by atoms with van der Waals surface area (Å²) in [5.41, 5.74) is 1.67. The maximum Gasteiger partial charge on any atom is 0.0587 e. The zero-order valence-corrected chi connectivity index (χ0v) is 13.2. The molecule has 5 rings (SSSR count). The monoisotopic (exact) mass is 288 g/mol. The zero-order chi connectivity index (χ0) is 14.4. The molecule has 4 fully saturated rings. The minimum absolute atomic E-state index is 0.184. The summed E-state index contributed by atoms with van der Waals surface area (Å²) < 4.78 is 1.95. The topological polar surface area (TPSA) is 38.0 Å². The highest BCUT2D eigenvalue weighted by Gasteiger charge is 2.51. The molecule has 1 heterocycles. The summed E-state index contributed by atoms with van der Waals surface area (Å²) in [5.74, 6) is 2.93. The second kappa shape index (κ2) is 5.12. The van der Waals surface area contributed by atoms with E-state index >= 15 is 0 Å². The Morgan fingerprint density at radius 1 is 1.24 bits per heavy atom. The predicted octanol–water partition coefficient (Wildman–Crippen LogP) is 3.41. The van der Waals surface area contributed by atoms with Gasteiger partial charge in [0.15, 0.2) is 0 Å². The molecule has 3 heteroatoms. The van der Waals surface area contributed by atoms with Gasteiger partial charge in [-0.1, -0.05) is 0 Å². The summed E-state index contributed by atoms with van der Waals surface area (Å²) in [6.07, 6.45) is 14.3. The lowest BCUT2D eigenvalue weighted by Gasteiger charge is -2.57. The van der Waals surface area contributed by atoms with Crippen molar-refractivity contribution >= 4 is 0 Å². The largest absolute Gasteiger partial charge is 0.393 e. The van der Waals surface area contributed by atoms with Gasteiger partial charge < -0.3 is 5.11 Å². The van der Waals surface area contributed by atoms with Gasteiger partial charge in [0.05, 0.1) is 12.3 Å². The Morgan fingerprint density at radius 2 is 1.86 bits per heavy atom. The molecule has 0 saturated heterocycles. The summed E-state index contributed by atoms with van der Waals surface area (Å²) in [7, 11) is 0. The number of aryl methyl sites for hydroxylation is 1. The third kappa shape index (κ3) is 2.65. The van der Waals surface area contributed by atoms with Crippen LogP contribution in [0, 0.1) is 23.2 Å². The zero-order valence-electron chi connectivity index (χ0n) is 13.2. The lowest BCUT2D eigenvalue weighted by atomic mass is 9.48. The quantitative estimate of drug-likeness (QED) is 0.901. The third-order valence-corrected chi connectivity index (χ3v) is 6.32. The van der Waals surface area contributed by atoms with Crippen LogP contribution in [0.25, 0.3) is 0 Å². The fourth-order valence-corrected chi connectivity index (χ4v) is 6.07. The maximum atomic E-state index is 10.6. The molecule has 4 aliphatic rings. The van der Waals surface area contributed by atoms with Crippen molar-refractivity contribution in [2.45, 2.75) is 70.9 Å². The molecule has 1 unspecified atom stereocenters. The van der Waals surface area contributed by atoms with Gasteiger partial charge in [-0.25, -0.2) is 0 Å². The van der Waals surface area contributed by atoms with Gasteiger partial charge >= 0.3 is 0 Å². The van der Waals surface area contributed by atoms with E-state index < -0.39 is 0 Å². The van der Waals surface area contributed by atoms with E-state index in [1.165, 1.54) is 44.1 Å². The Kier molecular flexibility index (Phi) is 3.36. The molecule has 21 heavy (non-hydrogen) atoms. The molecule has 1 aromatic heterocycles. The van der Waals surface area contributed by atoms with Crippen LogP contribution in [-0.2, 0) is 13.0 Å². The molecule has 0 radical (unpaired) electrons. The van der Waals surface area contributed by atoms with Crippen molar-refractivity contribution in [1.29, 1.82) is 0 Å². The fourth-order valence-electron chi connectivity index (χ4n) is 6.07. The molecule has 4 bridgehead atoms. The number of nitrogens with zero attached hydrogens (tertiary/aromatic N) is 2. The van der Waals surface area contributed by atoms with Crippen LogP contribution in [0.2, 0.25) is 0 Å². The molecule has 116 valence electrons. The molecule has 0 amide bonds. The van der Waals surface area contributed by atoms with E-state index in [-0.39, 0.29) is 6.10 Å². The summed E-state index contributed by atoms with van der Waals surface area (Å²) in [5, 5.41) is 14.9. The average molecular weight is 288 g/mol. The minimum Gasteiger partial charge on any atom is -0.393 e. The van der Waals surface area contributed by atoms with Crippen molar-refractivity contribution in [3.8, 4) is 0 Å². The van der Waals surface area contributed by atoms with Gasteiger partial charge in [0.2, 0.25) is 0 Å². The first-order valence-corrected chi connectivity index (χ1v) is 8.83. The number of hydrogen-bond donors (Lipinski definition) is 1. The molecule has 0 aromatic carbocycles. The predicted molar refractivity (Wildman–Crippen MR) is 82.8 cm³/mol. The standard InChI is InChI=1S/C18H28N2O/c1-2-20-12-16(11-19-20)6-17(21)10-18-7-13-3-14(8-18)5-15(4-13)9-18/h11-15,17,21H,2-10H2,1H3. The lowest BCUT2D eigenvalue weighted by Crippen LogP contribution is -2.47. The minimum atomic E-state index is -0.184. The van der Waals surface area contributed by atoms with Crippen molar-refractivity contribution in [2.24, 2.45) is 23.2 Å². The van der Waals surface area contributed by atoms with Crippen LogP contribution in [0.15, 0.2) is 12.4 Å². The SMILES string of the molecule is CCn1cc(CC(O)CC23CC4CC(CC(C4)C2)C3)cn1. The van der Waals surface area contributed by atoms with E-state index in [1.807, 2.05) is 10.9 Å². The first-order chi connectivity index (χ1) is 10.1. The van der Waals surface area contributed by atoms with Crippen LogP contribution in [0.4, 0.5) is 0 Å². The van der Waals surface area contributed by atoms with E-state index in [1.54, 1.807) is 0 Å². The highest BCUT2D eigenvalue weighted by Crippen LogP contribution is 2.61. The fraction of sp³-hybridized carbons (Fsp3) is 0.833. The Bertz CT molecular complexity index is 472. The first kappa shape index (κ1) is 13.8. The normalized spacial score (nSPS) is 38.9. The van der Waals surface area contributed by atoms with E-state index in [0.29, 0.717) is 5.41 Å². The average Bonchev–Trinajstić information content (AvgIpc) is 2.83. The van der Waals surface area contributed by atoms with Gasteiger partial charge in [0.25, 0.3) is 0 Å². The smallest absolute Gasteiger partial charge is 0.0587 e. The molecule has 1 atom stereocenters. The second-order valence-corrected chi connectivity index (χ2v) is 8.18. The molecule has 4 aliphatic carbocycles. The van der Waals surface area contributed by atoms with Gasteiger partial charge in [-0.3, -0.25) is 4.68 Å². The summed E-state index contributed by atoms with van der Waals surface area (Å²) in [6, 6.07) is 0. The molecule has 4 saturated carbocycles. The van der Waals surface area contributed by atoms with Crippen LogP contribution in [0.5, 0.6) is 0 Å². The number of rotatable bonds is 5. The highest BCUT2D eigenvalue weighted by atomic mass is 16.3. The molecule has 3 nitrogen and oxygen atoms in total. The van der Waals surface area contributed by atoms with E-state index in [2.05, 4.69) is 18.2 Å². The van der Waals surface area contributed by atoms with Crippen LogP contribution in [-0.4, -0.2) is 21.0 Å². The number of aliphatic hydroxyl groups is 1. The van der Waals surface area contributed by atoms with Crippen LogP contribution in [0.1, 0.15) is 57.4 Å². The maximum absolute atomic E-state index is 10.6. The van der Waals surface area contributed by atoms with Crippen molar-refractivity contribution in [3.05, 3.63) is 18.0 Å². The van der Waals surface area contributed by atoms with Crippen LogP contribution < -0.4 is 0 Å². The number of aliphatic hydroxyl groups excluding tert-OH is 1. The van der Waals surface area contributed by atoms with Crippen molar-refractivity contribution in [1.82, 2.24) is 9.78 Å². The summed E-state index contributed by atoms with van der Waals surface area (Å²) in [4.78, 5) is 0. The Labute approximate surface area is 127 Å². The van der Waals surface area contributed by atoms with Crippen molar-refractivity contribution in [2.75, 3.05) is 0 Å². The highest BCUT2D eigenvalue weighted by molar-refractivity contribution is 5.07. The molecular weight excluding hydrogens is 260 g/mol. The van der Waals surface area contributed by atoms with E-state index in [9.17, 15) is 5.11 Å². The van der Waals surface area contributed by atoms with Crippen molar-refractivity contribution < 1.29 is 5.11 Å². The summed E-state index contributed by atoms with van der Waals surface area (Å²) in [6.45, 7) is 3.01. The second-order valence-electron chi connectivity index (χ2n) is 8.18. The van der Waals surface area contributed by atoms with Crippen LogP contribution >= 0.6 is 0 Å². The molecule has 0 aliphatic heterocycles. The van der Waals surface area contributed by atoms with Crippen molar-refractivity contribution in [3.63, 3.8) is 0 Å². The molecule has 1 N–H and O–H groups in total. The van der Waals surface area contributed by atoms with Gasteiger partial charge in [-0.15, -0.1) is 0 Å². The Morgan fingerprint density at radius 3 is 2.38 bits per heavy atom. The van der Waals surface area contributed by atoms with E-state index in [4.69, 9.17) is 0 Å². The lowest BCUT2D eigenvalue weighted by molar-refractivity contribution is -0.0756. The Balaban J connectivity index is 1.41. The molecule has 1 aromatic rings. The molecule has 0 spiro atoms. The van der Waals surface area contributed by atoms with Gasteiger partial charge in [-0.2, -0.15) is 5.10 Å². The van der Waals surface area contributed by atoms with Gasteiger partial charge in [-0.05, 0) is 80.6 Å². The number of hydrogen-bond acceptors (Lipinski definition) is 2. The van der Waals surface area contributed by atoms with Crippen LogP contribution in [0.3, 0.4) is 0 Å².